The first kappa shape index (κ1) is 21.1. The van der Waals surface area contributed by atoms with Crippen molar-refractivity contribution in [3.8, 4) is 11.5 Å². The SMILES string of the molecule is COc1ccc(CNC(=O)C2CCN(S(=O)(=O)c3ccccc3)CC2)cc1OC. The average Bonchev–Trinajstić information content (AvgIpc) is 2.77. The predicted octanol–water partition coefficient (Wildman–Crippen LogP) is 2.42. The molecule has 0 unspecified atom stereocenters. The second-order valence-electron chi connectivity index (χ2n) is 6.90. The van der Waals surface area contributed by atoms with E-state index in [1.807, 2.05) is 12.1 Å². The number of nitrogens with one attached hydrogen (secondary N) is 1. The molecule has 1 aliphatic heterocycles. The fourth-order valence-electron chi connectivity index (χ4n) is 3.42. The van der Waals surface area contributed by atoms with Crippen LogP contribution in [-0.4, -0.2) is 45.9 Å². The molecule has 1 amide bonds. The number of hydrogen-bond donors (Lipinski definition) is 1. The zero-order valence-corrected chi connectivity index (χ0v) is 17.4. The smallest absolute Gasteiger partial charge is 0.243 e. The summed E-state index contributed by atoms with van der Waals surface area (Å²) in [5, 5.41) is 2.94. The van der Waals surface area contributed by atoms with Gasteiger partial charge in [0, 0.05) is 25.6 Å². The number of amides is 1. The Morgan fingerprint density at radius 2 is 1.69 bits per heavy atom. The van der Waals surface area contributed by atoms with Crippen molar-refractivity contribution in [1.29, 1.82) is 0 Å². The largest absolute Gasteiger partial charge is 0.493 e. The standard InChI is InChI=1S/C21H26N2O5S/c1-27-19-9-8-16(14-20(19)28-2)15-22-21(24)17-10-12-23(13-11-17)29(25,26)18-6-4-3-5-7-18/h3-9,14,17H,10-13,15H2,1-2H3,(H,22,24). The summed E-state index contributed by atoms with van der Waals surface area (Å²) in [4.78, 5) is 12.8. The van der Waals surface area contributed by atoms with Gasteiger partial charge in [-0.3, -0.25) is 4.79 Å². The molecule has 0 radical (unpaired) electrons. The van der Waals surface area contributed by atoms with E-state index in [1.165, 1.54) is 4.31 Å². The summed E-state index contributed by atoms with van der Waals surface area (Å²) < 4.78 is 37.3. The lowest BCUT2D eigenvalue weighted by Crippen LogP contribution is -2.42. The summed E-state index contributed by atoms with van der Waals surface area (Å²) in [6.07, 6.45) is 1.01. The van der Waals surface area contributed by atoms with Gasteiger partial charge >= 0.3 is 0 Å². The Morgan fingerprint density at radius 3 is 2.31 bits per heavy atom. The second kappa shape index (κ2) is 9.28. The van der Waals surface area contributed by atoms with Gasteiger partial charge in [-0.05, 0) is 42.7 Å². The summed E-state index contributed by atoms with van der Waals surface area (Å²) in [7, 11) is -0.365. The first-order valence-electron chi connectivity index (χ1n) is 9.49. The van der Waals surface area contributed by atoms with Crippen LogP contribution in [-0.2, 0) is 21.4 Å². The van der Waals surface area contributed by atoms with Gasteiger partial charge in [0.1, 0.15) is 0 Å². The normalized spacial score (nSPS) is 15.7. The highest BCUT2D eigenvalue weighted by molar-refractivity contribution is 7.89. The number of nitrogens with zero attached hydrogens (tertiary/aromatic N) is 1. The molecule has 0 aliphatic carbocycles. The molecule has 3 rings (SSSR count). The molecule has 1 heterocycles. The maximum Gasteiger partial charge on any atom is 0.243 e. The van der Waals surface area contributed by atoms with Gasteiger partial charge in [-0.15, -0.1) is 0 Å². The van der Waals surface area contributed by atoms with E-state index < -0.39 is 10.0 Å². The number of hydrogen-bond acceptors (Lipinski definition) is 5. The molecule has 0 bridgehead atoms. The fourth-order valence-corrected chi connectivity index (χ4v) is 4.91. The molecule has 1 aliphatic rings. The summed E-state index contributed by atoms with van der Waals surface area (Å²) in [5.41, 5.74) is 0.903. The van der Waals surface area contributed by atoms with E-state index in [-0.39, 0.29) is 16.7 Å². The molecule has 0 atom stereocenters. The van der Waals surface area contributed by atoms with Crippen LogP contribution in [0.2, 0.25) is 0 Å². The average molecular weight is 419 g/mol. The van der Waals surface area contributed by atoms with Crippen LogP contribution in [0.1, 0.15) is 18.4 Å². The molecule has 0 aromatic heterocycles. The number of carbonyl (C=O) groups is 1. The first-order valence-corrected chi connectivity index (χ1v) is 10.9. The summed E-state index contributed by atoms with van der Waals surface area (Å²) in [6.45, 7) is 1.05. The molecule has 8 heteroatoms. The molecule has 156 valence electrons. The Balaban J connectivity index is 1.54. The second-order valence-corrected chi connectivity index (χ2v) is 8.84. The number of rotatable bonds is 7. The van der Waals surface area contributed by atoms with Crippen molar-refractivity contribution < 1.29 is 22.7 Å². The van der Waals surface area contributed by atoms with Crippen molar-refractivity contribution in [2.75, 3.05) is 27.3 Å². The number of piperidine rings is 1. The van der Waals surface area contributed by atoms with Crippen LogP contribution in [0.3, 0.4) is 0 Å². The van der Waals surface area contributed by atoms with Gasteiger partial charge in [-0.25, -0.2) is 8.42 Å². The van der Waals surface area contributed by atoms with Gasteiger partial charge in [0.05, 0.1) is 19.1 Å². The minimum absolute atomic E-state index is 0.0588. The molecular formula is C21H26N2O5S. The maximum absolute atomic E-state index is 12.7. The minimum Gasteiger partial charge on any atom is -0.493 e. The van der Waals surface area contributed by atoms with Crippen LogP contribution in [0.15, 0.2) is 53.4 Å². The number of methoxy groups -OCH3 is 2. The summed E-state index contributed by atoms with van der Waals surface area (Å²) in [5.74, 6) is 0.988. The van der Waals surface area contributed by atoms with Gasteiger partial charge in [-0.1, -0.05) is 24.3 Å². The Hall–Kier alpha value is -2.58. The highest BCUT2D eigenvalue weighted by Crippen LogP contribution is 2.28. The van der Waals surface area contributed by atoms with Crippen LogP contribution in [0.4, 0.5) is 0 Å². The predicted molar refractivity (Wildman–Crippen MR) is 109 cm³/mol. The van der Waals surface area contributed by atoms with Crippen LogP contribution >= 0.6 is 0 Å². The Kier molecular flexibility index (Phi) is 6.76. The van der Waals surface area contributed by atoms with Crippen LogP contribution in [0.25, 0.3) is 0 Å². The van der Waals surface area contributed by atoms with Crippen molar-refractivity contribution in [3.63, 3.8) is 0 Å². The van der Waals surface area contributed by atoms with E-state index in [2.05, 4.69) is 5.32 Å². The van der Waals surface area contributed by atoms with E-state index in [4.69, 9.17) is 9.47 Å². The third-order valence-electron chi connectivity index (χ3n) is 5.12. The van der Waals surface area contributed by atoms with Crippen LogP contribution in [0, 0.1) is 5.92 Å². The van der Waals surface area contributed by atoms with E-state index in [1.54, 1.807) is 50.6 Å². The van der Waals surface area contributed by atoms with Gasteiger partial charge in [0.2, 0.25) is 15.9 Å². The van der Waals surface area contributed by atoms with Crippen LogP contribution < -0.4 is 14.8 Å². The topological polar surface area (TPSA) is 84.9 Å². The zero-order chi connectivity index (χ0) is 20.9. The number of ether oxygens (including phenoxy) is 2. The molecule has 2 aromatic carbocycles. The molecule has 1 N–H and O–H groups in total. The van der Waals surface area contributed by atoms with Crippen molar-refractivity contribution in [1.82, 2.24) is 9.62 Å². The van der Waals surface area contributed by atoms with E-state index in [9.17, 15) is 13.2 Å². The molecule has 7 nitrogen and oxygen atoms in total. The highest BCUT2D eigenvalue weighted by Gasteiger charge is 2.31. The quantitative estimate of drug-likeness (QED) is 0.747. The van der Waals surface area contributed by atoms with E-state index >= 15 is 0 Å². The van der Waals surface area contributed by atoms with Crippen LogP contribution in [0.5, 0.6) is 11.5 Å². The monoisotopic (exact) mass is 418 g/mol. The van der Waals surface area contributed by atoms with Crippen molar-refractivity contribution in [2.24, 2.45) is 5.92 Å². The molecule has 1 saturated heterocycles. The lowest BCUT2D eigenvalue weighted by Gasteiger charge is -2.30. The molecule has 0 spiro atoms. The third kappa shape index (κ3) is 4.89. The highest BCUT2D eigenvalue weighted by atomic mass is 32.2. The zero-order valence-electron chi connectivity index (χ0n) is 16.6. The number of benzene rings is 2. The van der Waals surface area contributed by atoms with Gasteiger partial charge in [0.15, 0.2) is 11.5 Å². The lowest BCUT2D eigenvalue weighted by atomic mass is 9.97. The lowest BCUT2D eigenvalue weighted by molar-refractivity contribution is -0.126. The van der Waals surface area contributed by atoms with Crippen molar-refractivity contribution in [2.45, 2.75) is 24.3 Å². The van der Waals surface area contributed by atoms with Crippen molar-refractivity contribution in [3.05, 3.63) is 54.1 Å². The van der Waals surface area contributed by atoms with E-state index in [0.29, 0.717) is 44.0 Å². The summed E-state index contributed by atoms with van der Waals surface area (Å²) >= 11 is 0. The molecule has 0 saturated carbocycles. The minimum atomic E-state index is -3.50. The third-order valence-corrected chi connectivity index (χ3v) is 7.03. The molecule has 2 aromatic rings. The number of sulfonamides is 1. The molecule has 29 heavy (non-hydrogen) atoms. The van der Waals surface area contributed by atoms with Crippen molar-refractivity contribution >= 4 is 15.9 Å². The van der Waals surface area contributed by atoms with Gasteiger partial charge < -0.3 is 14.8 Å². The first-order chi connectivity index (χ1) is 14.0. The van der Waals surface area contributed by atoms with Gasteiger partial charge in [-0.2, -0.15) is 4.31 Å². The number of carbonyl (C=O) groups excluding carboxylic acids is 1. The maximum atomic E-state index is 12.7. The molecule has 1 fully saturated rings. The Labute approximate surface area is 171 Å². The Bertz CT molecular complexity index is 939. The summed E-state index contributed by atoms with van der Waals surface area (Å²) in [6, 6.07) is 13.9. The fraction of sp³-hybridized carbons (Fsp3) is 0.381. The molecular weight excluding hydrogens is 392 g/mol. The van der Waals surface area contributed by atoms with E-state index in [0.717, 1.165) is 5.56 Å². The Morgan fingerprint density at radius 1 is 1.03 bits per heavy atom. The van der Waals surface area contributed by atoms with Gasteiger partial charge in [0.25, 0.3) is 0 Å².